The van der Waals surface area contributed by atoms with E-state index in [4.69, 9.17) is 16.3 Å². The number of likely N-dealkylation sites (tertiary alicyclic amines) is 1. The van der Waals surface area contributed by atoms with Gasteiger partial charge < -0.3 is 14.7 Å². The number of benzene rings is 2. The standard InChI is InChI=1S/C29H35ClN2O3/c1-35-25-11-12-28-26(19-25)22(13-15-31-28)8-5-9-23-14-17-32(20-27(23)29(33)34)16-3-2-6-21-7-4-10-24(30)18-21/h4,7,10-13,15,18-19,23,27H,2-3,5-6,8-9,14,16-17,20H2,1H3,(H,33,34)/t23-,27+/m1/s1. The van der Waals surface area contributed by atoms with Gasteiger partial charge in [-0.05, 0) is 111 Å². The summed E-state index contributed by atoms with van der Waals surface area (Å²) in [4.78, 5) is 18.9. The summed E-state index contributed by atoms with van der Waals surface area (Å²) in [6.45, 7) is 2.61. The van der Waals surface area contributed by atoms with Crippen LogP contribution in [0.5, 0.6) is 5.75 Å². The Morgan fingerprint density at radius 1 is 1.14 bits per heavy atom. The molecule has 0 amide bonds. The van der Waals surface area contributed by atoms with Gasteiger partial charge in [0.2, 0.25) is 0 Å². The second-order valence-corrected chi connectivity index (χ2v) is 10.1. The molecule has 1 fully saturated rings. The zero-order valence-corrected chi connectivity index (χ0v) is 21.2. The molecule has 5 nitrogen and oxygen atoms in total. The van der Waals surface area contributed by atoms with E-state index in [-0.39, 0.29) is 11.8 Å². The summed E-state index contributed by atoms with van der Waals surface area (Å²) in [7, 11) is 1.68. The number of aryl methyl sites for hydroxylation is 2. The fraction of sp³-hybridized carbons (Fsp3) is 0.448. The van der Waals surface area contributed by atoms with Crippen LogP contribution < -0.4 is 4.74 Å². The lowest BCUT2D eigenvalue weighted by atomic mass is 9.81. The molecule has 1 N–H and O–H groups in total. The van der Waals surface area contributed by atoms with Gasteiger partial charge in [0.15, 0.2) is 0 Å². The zero-order valence-electron chi connectivity index (χ0n) is 20.5. The number of carbonyl (C=O) groups is 1. The number of unbranched alkanes of at least 4 members (excludes halogenated alkanes) is 1. The molecule has 6 heteroatoms. The van der Waals surface area contributed by atoms with Gasteiger partial charge in [0, 0.05) is 23.2 Å². The van der Waals surface area contributed by atoms with E-state index in [0.29, 0.717) is 6.54 Å². The third-order valence-electron chi connectivity index (χ3n) is 7.30. The van der Waals surface area contributed by atoms with E-state index in [1.165, 1.54) is 11.1 Å². The molecule has 0 unspecified atom stereocenters. The maximum Gasteiger partial charge on any atom is 0.308 e. The van der Waals surface area contributed by atoms with Gasteiger partial charge in [-0.2, -0.15) is 0 Å². The van der Waals surface area contributed by atoms with Crippen LogP contribution in [0.3, 0.4) is 0 Å². The van der Waals surface area contributed by atoms with Crippen molar-refractivity contribution < 1.29 is 14.6 Å². The van der Waals surface area contributed by atoms with E-state index in [1.807, 2.05) is 42.6 Å². The summed E-state index contributed by atoms with van der Waals surface area (Å²) in [5, 5.41) is 11.8. The molecule has 2 heterocycles. The number of rotatable bonds is 11. The van der Waals surface area contributed by atoms with Gasteiger partial charge in [-0.3, -0.25) is 9.78 Å². The van der Waals surface area contributed by atoms with E-state index in [0.717, 1.165) is 79.7 Å². The summed E-state index contributed by atoms with van der Waals surface area (Å²) >= 11 is 6.08. The van der Waals surface area contributed by atoms with Gasteiger partial charge in [-0.1, -0.05) is 23.7 Å². The van der Waals surface area contributed by atoms with Crippen molar-refractivity contribution >= 4 is 28.5 Å². The minimum atomic E-state index is -0.655. The molecule has 0 spiro atoms. The summed E-state index contributed by atoms with van der Waals surface area (Å²) in [6.07, 6.45) is 8.81. The number of hydrogen-bond donors (Lipinski definition) is 1. The highest BCUT2D eigenvalue weighted by atomic mass is 35.5. The summed E-state index contributed by atoms with van der Waals surface area (Å²) in [5.74, 6) is 0.124. The van der Waals surface area contributed by atoms with Crippen LogP contribution in [-0.4, -0.2) is 47.7 Å². The fourth-order valence-electron chi connectivity index (χ4n) is 5.34. The maximum atomic E-state index is 12.1. The molecule has 0 bridgehead atoms. The lowest BCUT2D eigenvalue weighted by Gasteiger charge is -2.36. The predicted octanol–water partition coefficient (Wildman–Crippen LogP) is 6.27. The van der Waals surface area contributed by atoms with Gasteiger partial charge in [0.1, 0.15) is 5.75 Å². The van der Waals surface area contributed by atoms with Gasteiger partial charge in [0.25, 0.3) is 0 Å². The van der Waals surface area contributed by atoms with Crippen molar-refractivity contribution in [3.63, 3.8) is 0 Å². The van der Waals surface area contributed by atoms with Crippen molar-refractivity contribution in [2.75, 3.05) is 26.7 Å². The molecule has 2 aromatic carbocycles. The summed E-state index contributed by atoms with van der Waals surface area (Å²) in [6, 6.07) is 16.1. The molecule has 1 aromatic heterocycles. The zero-order chi connectivity index (χ0) is 24.6. The molecule has 1 aliphatic heterocycles. The molecule has 2 atom stereocenters. The summed E-state index contributed by atoms with van der Waals surface area (Å²) in [5.41, 5.74) is 3.48. The highest BCUT2D eigenvalue weighted by molar-refractivity contribution is 6.30. The second kappa shape index (κ2) is 12.4. The molecular formula is C29H35ClN2O3. The molecule has 35 heavy (non-hydrogen) atoms. The number of fused-ring (bicyclic) bond motifs is 1. The molecule has 186 valence electrons. The van der Waals surface area contributed by atoms with Crippen molar-refractivity contribution in [1.82, 2.24) is 9.88 Å². The quantitative estimate of drug-likeness (QED) is 0.318. The lowest BCUT2D eigenvalue weighted by Crippen LogP contribution is -2.44. The van der Waals surface area contributed by atoms with Gasteiger partial charge in [-0.25, -0.2) is 0 Å². The Balaban J connectivity index is 1.26. The molecule has 0 aliphatic carbocycles. The number of aliphatic carboxylic acids is 1. The van der Waals surface area contributed by atoms with Gasteiger partial charge in [0.05, 0.1) is 18.5 Å². The number of ether oxygens (including phenoxy) is 1. The first kappa shape index (κ1) is 25.5. The number of piperidine rings is 1. The molecule has 1 aliphatic rings. The van der Waals surface area contributed by atoms with Crippen LogP contribution in [0.1, 0.15) is 43.2 Å². The third-order valence-corrected chi connectivity index (χ3v) is 7.53. The molecule has 3 aromatic rings. The smallest absolute Gasteiger partial charge is 0.308 e. The highest BCUT2D eigenvalue weighted by Crippen LogP contribution is 2.30. The molecule has 4 rings (SSSR count). The van der Waals surface area contributed by atoms with Gasteiger partial charge in [-0.15, -0.1) is 0 Å². The average molecular weight is 495 g/mol. The van der Waals surface area contributed by atoms with E-state index in [1.54, 1.807) is 7.11 Å². The minimum absolute atomic E-state index is 0.234. The molecule has 1 saturated heterocycles. The highest BCUT2D eigenvalue weighted by Gasteiger charge is 2.33. The lowest BCUT2D eigenvalue weighted by molar-refractivity contribution is -0.146. The van der Waals surface area contributed by atoms with Gasteiger partial charge >= 0.3 is 5.97 Å². The van der Waals surface area contributed by atoms with Crippen LogP contribution >= 0.6 is 11.6 Å². The van der Waals surface area contributed by atoms with E-state index in [9.17, 15) is 9.90 Å². The van der Waals surface area contributed by atoms with E-state index >= 15 is 0 Å². The molecular weight excluding hydrogens is 460 g/mol. The first-order chi connectivity index (χ1) is 17.0. The van der Waals surface area contributed by atoms with Crippen molar-refractivity contribution in [2.45, 2.75) is 44.9 Å². The Bertz CT molecular complexity index is 1140. The number of halogens is 1. The topological polar surface area (TPSA) is 62.7 Å². The predicted molar refractivity (Wildman–Crippen MR) is 141 cm³/mol. The summed E-state index contributed by atoms with van der Waals surface area (Å²) < 4.78 is 5.39. The van der Waals surface area contributed by atoms with E-state index < -0.39 is 5.97 Å². The number of aromatic nitrogens is 1. The van der Waals surface area contributed by atoms with Crippen molar-refractivity contribution in [1.29, 1.82) is 0 Å². The van der Waals surface area contributed by atoms with Crippen LogP contribution in [0, 0.1) is 11.8 Å². The number of pyridine rings is 1. The van der Waals surface area contributed by atoms with Crippen LogP contribution in [-0.2, 0) is 17.6 Å². The number of hydrogen-bond acceptors (Lipinski definition) is 4. The average Bonchev–Trinajstić information content (AvgIpc) is 2.87. The Kier molecular flexibility index (Phi) is 9.00. The first-order valence-corrected chi connectivity index (χ1v) is 13.0. The van der Waals surface area contributed by atoms with Crippen LogP contribution in [0.15, 0.2) is 54.7 Å². The largest absolute Gasteiger partial charge is 0.497 e. The monoisotopic (exact) mass is 494 g/mol. The van der Waals surface area contributed by atoms with Crippen molar-refractivity contribution in [2.24, 2.45) is 11.8 Å². The number of methoxy groups -OCH3 is 1. The minimum Gasteiger partial charge on any atom is -0.497 e. The number of carboxylic acids is 1. The van der Waals surface area contributed by atoms with Crippen molar-refractivity contribution in [3.05, 3.63) is 70.9 Å². The van der Waals surface area contributed by atoms with Crippen LogP contribution in [0.2, 0.25) is 5.02 Å². The van der Waals surface area contributed by atoms with E-state index in [2.05, 4.69) is 22.0 Å². The Morgan fingerprint density at radius 3 is 2.83 bits per heavy atom. The fourth-order valence-corrected chi connectivity index (χ4v) is 5.55. The number of nitrogens with zero attached hydrogens (tertiary/aromatic N) is 2. The number of carboxylic acid groups (broad SMARTS) is 1. The Morgan fingerprint density at radius 2 is 2.03 bits per heavy atom. The third kappa shape index (κ3) is 6.96. The SMILES string of the molecule is COc1ccc2nccc(CCC[C@@H]3CCN(CCCCc4cccc(Cl)c4)C[C@@H]3C(=O)O)c2c1. The Hall–Kier alpha value is -2.63. The molecule has 0 radical (unpaired) electrons. The Labute approximate surface area is 213 Å². The van der Waals surface area contributed by atoms with Crippen LogP contribution in [0.4, 0.5) is 0 Å². The normalized spacial score (nSPS) is 18.6. The first-order valence-electron chi connectivity index (χ1n) is 12.6. The molecule has 0 saturated carbocycles. The maximum absolute atomic E-state index is 12.1. The second-order valence-electron chi connectivity index (χ2n) is 9.63. The van der Waals surface area contributed by atoms with Crippen LogP contribution in [0.25, 0.3) is 10.9 Å². The van der Waals surface area contributed by atoms with Crippen molar-refractivity contribution in [3.8, 4) is 5.75 Å².